The Morgan fingerprint density at radius 1 is 1.17 bits per heavy atom. The average molecular weight is 494 g/mol. The number of aromatic nitrogens is 5. The zero-order valence-corrected chi connectivity index (χ0v) is 19.3. The van der Waals surface area contributed by atoms with Crippen LogP contribution < -0.4 is 14.8 Å². The van der Waals surface area contributed by atoms with Crippen LogP contribution in [0.2, 0.25) is 0 Å². The van der Waals surface area contributed by atoms with Gasteiger partial charge < -0.3 is 24.9 Å². The summed E-state index contributed by atoms with van der Waals surface area (Å²) in [5.41, 5.74) is 1.36. The van der Waals surface area contributed by atoms with Gasteiger partial charge in [0.1, 0.15) is 6.20 Å². The van der Waals surface area contributed by atoms with Gasteiger partial charge in [-0.2, -0.15) is 0 Å². The Balaban J connectivity index is 1.36. The number of imidazole rings is 1. The van der Waals surface area contributed by atoms with E-state index in [0.717, 1.165) is 5.69 Å². The molecule has 0 atom stereocenters. The monoisotopic (exact) mass is 493 g/mol. The van der Waals surface area contributed by atoms with Crippen molar-refractivity contribution in [3.8, 4) is 17.2 Å². The second-order valence-electron chi connectivity index (χ2n) is 7.48. The van der Waals surface area contributed by atoms with Gasteiger partial charge in [-0.3, -0.25) is 9.36 Å². The Kier molecular flexibility index (Phi) is 6.06. The third kappa shape index (κ3) is 4.66. The first-order chi connectivity index (χ1) is 17.0. The number of ether oxygens (including phenoxy) is 2. The molecule has 4 aromatic rings. The molecule has 2 aromatic heterocycles. The Bertz CT molecular complexity index is 1400. The van der Waals surface area contributed by atoms with Crippen molar-refractivity contribution in [2.45, 2.75) is 18.6 Å². The predicted octanol–water partition coefficient (Wildman–Crippen LogP) is 3.19. The van der Waals surface area contributed by atoms with Crippen molar-refractivity contribution in [2.75, 3.05) is 17.9 Å². The molecule has 0 spiro atoms. The summed E-state index contributed by atoms with van der Waals surface area (Å²) in [5, 5.41) is 23.3. The molecule has 5 rings (SSSR count). The lowest BCUT2D eigenvalue weighted by molar-refractivity contribution is -0.392. The summed E-state index contributed by atoms with van der Waals surface area (Å²) >= 11 is 1.21. The number of para-hydroxylation sites is 1. The Labute approximate surface area is 203 Å². The molecular weight excluding hydrogens is 474 g/mol. The lowest BCUT2D eigenvalue weighted by Crippen LogP contribution is -2.15. The molecule has 2 aromatic carbocycles. The maximum absolute atomic E-state index is 12.6. The van der Waals surface area contributed by atoms with Crippen LogP contribution in [0.15, 0.2) is 59.9 Å². The van der Waals surface area contributed by atoms with E-state index in [0.29, 0.717) is 34.0 Å². The number of amides is 1. The van der Waals surface area contributed by atoms with Crippen LogP contribution in [0.5, 0.6) is 11.5 Å². The van der Waals surface area contributed by atoms with Crippen molar-refractivity contribution in [1.82, 2.24) is 24.3 Å². The minimum Gasteiger partial charge on any atom is -0.454 e. The second-order valence-corrected chi connectivity index (χ2v) is 8.42. The van der Waals surface area contributed by atoms with Gasteiger partial charge in [-0.15, -0.1) is 10.2 Å². The van der Waals surface area contributed by atoms with E-state index in [1.807, 2.05) is 30.3 Å². The molecule has 0 fully saturated rings. The number of benzene rings is 2. The first-order valence-corrected chi connectivity index (χ1v) is 11.5. The molecule has 3 heterocycles. The van der Waals surface area contributed by atoms with Crippen molar-refractivity contribution in [2.24, 2.45) is 0 Å². The quantitative estimate of drug-likeness (QED) is 0.223. The molecule has 35 heavy (non-hydrogen) atoms. The maximum Gasteiger partial charge on any atom is 0.343 e. The standard InChI is InChI=1S/C22H19N7O5S/c1-14-23-10-21(29(31)32)27(14)11-19-25-26-22(28(19)16-5-3-2-4-6-16)35-12-20(30)24-15-7-8-17-18(9-15)34-13-33-17/h2-10H,11-13H2,1H3,(H,24,30). The fourth-order valence-electron chi connectivity index (χ4n) is 3.57. The minimum atomic E-state index is -0.487. The van der Waals surface area contributed by atoms with Crippen LogP contribution in [-0.2, 0) is 11.3 Å². The highest BCUT2D eigenvalue weighted by Gasteiger charge is 2.23. The highest BCUT2D eigenvalue weighted by Crippen LogP contribution is 2.34. The number of nitrogens with one attached hydrogen (secondary N) is 1. The number of rotatable bonds is 8. The van der Waals surface area contributed by atoms with E-state index in [-0.39, 0.29) is 30.8 Å². The zero-order valence-electron chi connectivity index (χ0n) is 18.5. The third-order valence-electron chi connectivity index (χ3n) is 5.22. The van der Waals surface area contributed by atoms with E-state index in [1.165, 1.54) is 22.5 Å². The van der Waals surface area contributed by atoms with Crippen molar-refractivity contribution in [3.05, 3.63) is 76.5 Å². The lowest BCUT2D eigenvalue weighted by atomic mass is 10.3. The number of fused-ring (bicyclic) bond motifs is 1. The summed E-state index contributed by atoms with van der Waals surface area (Å²) in [6.45, 7) is 1.93. The average Bonchev–Trinajstić information content (AvgIpc) is 3.57. The summed E-state index contributed by atoms with van der Waals surface area (Å²) in [6.07, 6.45) is 1.22. The summed E-state index contributed by atoms with van der Waals surface area (Å²) in [5.74, 6) is 1.86. The summed E-state index contributed by atoms with van der Waals surface area (Å²) in [7, 11) is 0. The molecule has 0 bridgehead atoms. The largest absolute Gasteiger partial charge is 0.454 e. The smallest absolute Gasteiger partial charge is 0.343 e. The fourth-order valence-corrected chi connectivity index (χ4v) is 4.34. The molecular formula is C22H19N7O5S. The number of carbonyl (C=O) groups is 1. The summed E-state index contributed by atoms with van der Waals surface area (Å²) in [6, 6.07) is 14.5. The lowest BCUT2D eigenvalue weighted by Gasteiger charge is -2.10. The maximum atomic E-state index is 12.6. The molecule has 1 N–H and O–H groups in total. The van der Waals surface area contributed by atoms with Gasteiger partial charge in [-0.1, -0.05) is 30.0 Å². The Hall–Kier alpha value is -4.39. The molecule has 1 aliphatic rings. The van der Waals surface area contributed by atoms with E-state index in [1.54, 1.807) is 29.7 Å². The number of nitro groups is 1. The van der Waals surface area contributed by atoms with Crippen LogP contribution in [0.1, 0.15) is 11.6 Å². The van der Waals surface area contributed by atoms with Crippen molar-refractivity contribution < 1.29 is 19.2 Å². The Morgan fingerprint density at radius 3 is 2.77 bits per heavy atom. The van der Waals surface area contributed by atoms with Gasteiger partial charge in [0.2, 0.25) is 12.7 Å². The fraction of sp³-hybridized carbons (Fsp3) is 0.182. The van der Waals surface area contributed by atoms with Crippen molar-refractivity contribution >= 4 is 29.2 Å². The van der Waals surface area contributed by atoms with Gasteiger partial charge in [-0.25, -0.2) is 9.55 Å². The highest BCUT2D eigenvalue weighted by molar-refractivity contribution is 7.99. The van der Waals surface area contributed by atoms with Crippen LogP contribution in [0, 0.1) is 17.0 Å². The molecule has 1 amide bonds. The Morgan fingerprint density at radius 2 is 1.97 bits per heavy atom. The molecule has 0 aliphatic carbocycles. The van der Waals surface area contributed by atoms with E-state index < -0.39 is 4.92 Å². The number of nitrogens with zero attached hydrogens (tertiary/aromatic N) is 6. The summed E-state index contributed by atoms with van der Waals surface area (Å²) < 4.78 is 13.9. The number of hydrogen-bond acceptors (Lipinski definition) is 9. The minimum absolute atomic E-state index is 0.0731. The molecule has 0 radical (unpaired) electrons. The number of thioether (sulfide) groups is 1. The van der Waals surface area contributed by atoms with Crippen molar-refractivity contribution in [1.29, 1.82) is 0 Å². The van der Waals surface area contributed by atoms with E-state index in [4.69, 9.17) is 9.47 Å². The van der Waals surface area contributed by atoms with Gasteiger partial charge in [0.15, 0.2) is 34.8 Å². The molecule has 1 aliphatic heterocycles. The topological polar surface area (TPSA) is 139 Å². The van der Waals surface area contributed by atoms with Gasteiger partial charge in [0.25, 0.3) is 0 Å². The highest BCUT2D eigenvalue weighted by atomic mass is 32.2. The normalized spacial score (nSPS) is 12.0. The van der Waals surface area contributed by atoms with Crippen LogP contribution in [0.4, 0.5) is 11.5 Å². The van der Waals surface area contributed by atoms with E-state index in [2.05, 4.69) is 20.5 Å². The SMILES string of the molecule is Cc1ncc([N+](=O)[O-])n1Cc1nnc(SCC(=O)Nc2ccc3c(c2)OCO3)n1-c1ccccc1. The third-order valence-corrected chi connectivity index (χ3v) is 6.15. The molecule has 0 saturated heterocycles. The van der Waals surface area contributed by atoms with Gasteiger partial charge >= 0.3 is 5.82 Å². The molecule has 13 heteroatoms. The van der Waals surface area contributed by atoms with Gasteiger partial charge in [0.05, 0.1) is 5.75 Å². The first-order valence-electron chi connectivity index (χ1n) is 10.5. The van der Waals surface area contributed by atoms with Crippen LogP contribution in [0.25, 0.3) is 5.69 Å². The number of anilines is 1. The second kappa shape index (κ2) is 9.46. The number of aryl methyl sites for hydroxylation is 1. The number of hydrogen-bond donors (Lipinski definition) is 1. The van der Waals surface area contributed by atoms with E-state index >= 15 is 0 Å². The van der Waals surface area contributed by atoms with Gasteiger partial charge in [0, 0.05) is 24.4 Å². The molecule has 178 valence electrons. The van der Waals surface area contributed by atoms with Crippen LogP contribution in [0.3, 0.4) is 0 Å². The number of carbonyl (C=O) groups excluding carboxylic acids is 1. The molecule has 0 saturated carbocycles. The molecule has 12 nitrogen and oxygen atoms in total. The first kappa shape index (κ1) is 22.4. The van der Waals surface area contributed by atoms with Gasteiger partial charge in [-0.05, 0) is 29.2 Å². The van der Waals surface area contributed by atoms with Crippen LogP contribution >= 0.6 is 11.8 Å². The van der Waals surface area contributed by atoms with E-state index in [9.17, 15) is 14.9 Å². The zero-order chi connectivity index (χ0) is 24.4. The van der Waals surface area contributed by atoms with Crippen molar-refractivity contribution in [3.63, 3.8) is 0 Å². The predicted molar refractivity (Wildman–Crippen MR) is 126 cm³/mol. The summed E-state index contributed by atoms with van der Waals surface area (Å²) in [4.78, 5) is 27.6. The molecule has 0 unspecified atom stereocenters. The van der Waals surface area contributed by atoms with Crippen LogP contribution in [-0.4, -0.2) is 47.7 Å².